The topological polar surface area (TPSA) is 12.4 Å². The first kappa shape index (κ1) is 5.92. The summed E-state index contributed by atoms with van der Waals surface area (Å²) in [5.41, 5.74) is 1.05. The molecule has 42 valence electrons. The van der Waals surface area contributed by atoms with Crippen LogP contribution >= 0.6 is 20.7 Å². The van der Waals surface area contributed by atoms with Gasteiger partial charge in [0, 0.05) is 9.50 Å². The van der Waals surface area contributed by atoms with Crippen LogP contribution in [0, 0.1) is 0 Å². The summed E-state index contributed by atoms with van der Waals surface area (Å²) < 4.78 is 5.11. The largest absolute Gasteiger partial charge is 0.205 e. The molecule has 0 radical (unpaired) electrons. The van der Waals surface area contributed by atoms with E-state index in [0.717, 1.165) is 5.70 Å². The van der Waals surface area contributed by atoms with Crippen LogP contribution in [0.4, 0.5) is 0 Å². The lowest BCUT2D eigenvalue weighted by atomic mass is 10.4. The average Bonchev–Trinajstić information content (AvgIpc) is 1.94. The first-order valence-electron chi connectivity index (χ1n) is 2.31. The molecule has 1 rings (SSSR count). The van der Waals surface area contributed by atoms with Gasteiger partial charge in [-0.15, -0.1) is 0 Å². The summed E-state index contributed by atoms with van der Waals surface area (Å²) in [5.74, 6) is 0. The first-order chi connectivity index (χ1) is 3.89. The van der Waals surface area contributed by atoms with Gasteiger partial charge < -0.3 is 0 Å². The third-order valence-corrected chi connectivity index (χ3v) is 2.04. The van der Waals surface area contributed by atoms with Gasteiger partial charge in [0.05, 0.1) is 0 Å². The Labute approximate surface area is 58.6 Å². The van der Waals surface area contributed by atoms with E-state index in [1.54, 1.807) is 0 Å². The predicted molar refractivity (Wildman–Crippen MR) is 44.4 cm³/mol. The summed E-state index contributed by atoms with van der Waals surface area (Å²) in [6, 6.07) is 0. The van der Waals surface area contributed by atoms with Crippen LogP contribution in [0.25, 0.3) is 0 Å². The Bertz CT molecular complexity index is 195. The molecule has 0 saturated heterocycles. The number of nitrogens with zero attached hydrogens (tertiary/aromatic N) is 1. The van der Waals surface area contributed by atoms with E-state index in [9.17, 15) is 0 Å². The Balaban J connectivity index is 2.94. The second-order valence-electron chi connectivity index (χ2n) is 1.43. The summed E-state index contributed by atoms with van der Waals surface area (Å²) in [4.78, 5) is 4.02. The highest BCUT2D eigenvalue weighted by molar-refractivity contribution is 14.2. The minimum atomic E-state index is 0.0107. The second-order valence-corrected chi connectivity index (χ2v) is 3.26. The summed E-state index contributed by atoms with van der Waals surface area (Å²) in [5, 5.41) is 0. The van der Waals surface area contributed by atoms with Crippen molar-refractivity contribution >= 4 is 24.5 Å². The zero-order valence-corrected chi connectivity index (χ0v) is 6.71. The van der Waals surface area contributed by atoms with E-state index in [1.807, 2.05) is 19.1 Å². The van der Waals surface area contributed by atoms with Gasteiger partial charge in [0.1, 0.15) is 0 Å². The molecule has 8 heavy (non-hydrogen) atoms. The highest BCUT2D eigenvalue weighted by Gasteiger charge is 1.77. The molecule has 1 heterocycles. The molecule has 0 atom stereocenters. The third-order valence-electron chi connectivity index (χ3n) is 0.741. The second kappa shape index (κ2) is 2.95. The Morgan fingerprint density at radius 2 is 2.62 bits per heavy atom. The van der Waals surface area contributed by atoms with Crippen molar-refractivity contribution in [1.82, 2.24) is 0 Å². The normalized spacial score (nSPS) is 16.9. The van der Waals surface area contributed by atoms with E-state index in [4.69, 9.17) is 0 Å². The van der Waals surface area contributed by atoms with Crippen molar-refractivity contribution in [2.45, 2.75) is 6.92 Å². The van der Waals surface area contributed by atoms with Crippen LogP contribution in [0.5, 0.6) is 0 Å². The lowest BCUT2D eigenvalue weighted by Crippen LogP contribution is -1.60. The van der Waals surface area contributed by atoms with Crippen LogP contribution in [-0.2, 0) is 0 Å². The van der Waals surface area contributed by atoms with E-state index in [0.29, 0.717) is 0 Å². The Morgan fingerprint density at radius 1 is 1.75 bits per heavy atom. The van der Waals surface area contributed by atoms with E-state index in [1.165, 1.54) is 0 Å². The van der Waals surface area contributed by atoms with Gasteiger partial charge in [-0.25, -0.2) is 4.99 Å². The molecule has 2 heteroatoms. The molecular weight excluding hydrogens is 213 g/mol. The van der Waals surface area contributed by atoms with Crippen molar-refractivity contribution in [3.63, 3.8) is 0 Å². The van der Waals surface area contributed by atoms with Crippen LogP contribution in [-0.4, -0.2) is 3.81 Å². The first-order valence-corrected chi connectivity index (χ1v) is 4.63. The molecule has 0 aromatic rings. The number of aliphatic imine (C=N–C) groups is 1. The van der Waals surface area contributed by atoms with Crippen LogP contribution in [0.15, 0.2) is 26.9 Å². The maximum atomic E-state index is 4.02. The highest BCUT2D eigenvalue weighted by atomic mass is 127. The molecule has 0 saturated carbocycles. The van der Waals surface area contributed by atoms with Crippen molar-refractivity contribution < 1.29 is 0 Å². The highest BCUT2D eigenvalue weighted by Crippen LogP contribution is 2.03. The van der Waals surface area contributed by atoms with Gasteiger partial charge in [0.25, 0.3) is 0 Å². The van der Waals surface area contributed by atoms with Crippen LogP contribution in [0.1, 0.15) is 6.92 Å². The zero-order chi connectivity index (χ0) is 5.82. The molecule has 0 unspecified atom stereocenters. The number of allylic oxidation sites excluding steroid dienone is 3. The van der Waals surface area contributed by atoms with Gasteiger partial charge in [0.2, 0.25) is 0 Å². The number of halogens is 1. The standard InChI is InChI=1S/C6H6IN/c1-6-3-2-4-7-5-8-6/h2-4H,1H3. The molecule has 0 bridgehead atoms. The summed E-state index contributed by atoms with van der Waals surface area (Å²) in [7, 11) is 0. The van der Waals surface area contributed by atoms with Crippen LogP contribution in [0.2, 0.25) is 0 Å². The van der Waals surface area contributed by atoms with Crippen molar-refractivity contribution in [3.8, 4) is 0 Å². The fourth-order valence-corrected chi connectivity index (χ4v) is 1.46. The number of rotatable bonds is 0. The van der Waals surface area contributed by atoms with Crippen molar-refractivity contribution in [3.05, 3.63) is 21.9 Å². The molecule has 0 fully saturated rings. The van der Waals surface area contributed by atoms with Gasteiger partial charge in [-0.1, -0.05) is 6.08 Å². The maximum Gasteiger partial charge on any atom is 0.0477 e. The molecule has 1 nitrogen and oxygen atoms in total. The fraction of sp³-hybridized carbons (Fsp3) is 0.167. The van der Waals surface area contributed by atoms with Gasteiger partial charge in [-0.3, -0.25) is 0 Å². The predicted octanol–water partition coefficient (Wildman–Crippen LogP) is 2.29. The molecule has 0 aromatic heterocycles. The lowest BCUT2D eigenvalue weighted by Gasteiger charge is -1.78. The van der Waals surface area contributed by atoms with Gasteiger partial charge in [-0.05, 0) is 37.8 Å². The fourth-order valence-electron chi connectivity index (χ4n) is 0.368. The molecule has 0 amide bonds. The van der Waals surface area contributed by atoms with Crippen molar-refractivity contribution in [1.29, 1.82) is 0 Å². The monoisotopic (exact) mass is 219 g/mol. The van der Waals surface area contributed by atoms with Gasteiger partial charge >= 0.3 is 0 Å². The molecule has 0 spiro atoms. The van der Waals surface area contributed by atoms with Crippen LogP contribution < -0.4 is 0 Å². The summed E-state index contributed by atoms with van der Waals surface area (Å²) >= 11 is 0.0107. The quantitative estimate of drug-likeness (QED) is 0.554. The summed E-state index contributed by atoms with van der Waals surface area (Å²) in [6.45, 7) is 1.98. The minimum Gasteiger partial charge on any atom is -0.205 e. The van der Waals surface area contributed by atoms with Gasteiger partial charge in [-0.2, -0.15) is 0 Å². The van der Waals surface area contributed by atoms with E-state index >= 15 is 0 Å². The molecule has 1 aliphatic heterocycles. The smallest absolute Gasteiger partial charge is 0.0477 e. The maximum absolute atomic E-state index is 4.02. The number of hydrogen-bond donors (Lipinski definition) is 0. The zero-order valence-electron chi connectivity index (χ0n) is 4.56. The molecule has 0 N–H and O–H groups in total. The molecular formula is C6H6IN. The molecule has 0 aromatic carbocycles. The van der Waals surface area contributed by atoms with E-state index in [-0.39, 0.29) is 20.7 Å². The Hall–Kier alpha value is -0.210. The van der Waals surface area contributed by atoms with Crippen LogP contribution in [0.3, 0.4) is 0 Å². The van der Waals surface area contributed by atoms with E-state index < -0.39 is 0 Å². The average molecular weight is 219 g/mol. The molecule has 0 aliphatic carbocycles. The van der Waals surface area contributed by atoms with E-state index in [2.05, 4.69) is 12.9 Å². The summed E-state index contributed by atoms with van der Waals surface area (Å²) in [6.07, 6.45) is 4.05. The SMILES string of the molecule is CC1=CC=CI=C=N1. The third kappa shape index (κ3) is 1.72. The van der Waals surface area contributed by atoms with Crippen molar-refractivity contribution in [2.75, 3.05) is 0 Å². The molecule has 1 aliphatic rings. The minimum absolute atomic E-state index is 0.0107. The Kier molecular flexibility index (Phi) is 2.18. The number of hydrogen-bond acceptors (Lipinski definition) is 1. The lowest BCUT2D eigenvalue weighted by molar-refractivity contribution is 1.33. The van der Waals surface area contributed by atoms with Crippen molar-refractivity contribution in [2.24, 2.45) is 4.99 Å². The Morgan fingerprint density at radius 3 is 3.50 bits per heavy atom. The van der Waals surface area contributed by atoms with Gasteiger partial charge in [0.15, 0.2) is 0 Å².